The number of nitrogens with zero attached hydrogens (tertiary/aromatic N) is 1. The van der Waals surface area contributed by atoms with Gasteiger partial charge in [0.05, 0.1) is 5.92 Å². The zero-order chi connectivity index (χ0) is 12.3. The highest BCUT2D eigenvalue weighted by Gasteiger charge is 2.31. The molecular formula is C12H21NO3. The van der Waals surface area contributed by atoms with E-state index in [-0.39, 0.29) is 23.8 Å². The van der Waals surface area contributed by atoms with E-state index in [9.17, 15) is 9.59 Å². The van der Waals surface area contributed by atoms with Crippen molar-refractivity contribution in [3.05, 3.63) is 0 Å². The molecule has 0 bridgehead atoms. The number of carbonyl (C=O) groups excluding carboxylic acids is 1. The minimum Gasteiger partial charge on any atom is -0.481 e. The largest absolute Gasteiger partial charge is 0.481 e. The van der Waals surface area contributed by atoms with E-state index >= 15 is 0 Å². The minimum absolute atomic E-state index is 0.0306. The van der Waals surface area contributed by atoms with Crippen molar-refractivity contribution in [3.8, 4) is 0 Å². The summed E-state index contributed by atoms with van der Waals surface area (Å²) in [6.45, 7) is 3.97. The second-order valence-corrected chi connectivity index (χ2v) is 4.93. The molecule has 0 aromatic rings. The molecule has 92 valence electrons. The normalized spacial score (nSPS) is 25.5. The van der Waals surface area contributed by atoms with Crippen LogP contribution in [0.4, 0.5) is 0 Å². The highest BCUT2D eigenvalue weighted by Crippen LogP contribution is 2.30. The fourth-order valence-electron chi connectivity index (χ4n) is 2.13. The molecule has 1 amide bonds. The Morgan fingerprint density at radius 1 is 1.12 bits per heavy atom. The minimum atomic E-state index is -0.719. The van der Waals surface area contributed by atoms with Gasteiger partial charge in [-0.25, -0.2) is 0 Å². The molecule has 1 rings (SSSR count). The van der Waals surface area contributed by atoms with Crippen LogP contribution in [0.25, 0.3) is 0 Å². The van der Waals surface area contributed by atoms with Gasteiger partial charge in [-0.05, 0) is 39.5 Å². The number of amides is 1. The van der Waals surface area contributed by atoms with Gasteiger partial charge in [0.1, 0.15) is 0 Å². The van der Waals surface area contributed by atoms with Gasteiger partial charge in [0.2, 0.25) is 5.91 Å². The summed E-state index contributed by atoms with van der Waals surface area (Å²) in [6.07, 6.45) is 2.70. The lowest BCUT2D eigenvalue weighted by Crippen LogP contribution is -2.39. The summed E-state index contributed by atoms with van der Waals surface area (Å²) >= 11 is 0. The molecule has 4 heteroatoms. The number of aliphatic carboxylic acids is 1. The van der Waals surface area contributed by atoms with E-state index in [1.54, 1.807) is 4.90 Å². The predicted molar refractivity (Wildman–Crippen MR) is 61.0 cm³/mol. The average Bonchev–Trinajstić information content (AvgIpc) is 2.27. The van der Waals surface area contributed by atoms with E-state index in [4.69, 9.17) is 5.11 Å². The van der Waals surface area contributed by atoms with Crippen LogP contribution in [-0.4, -0.2) is 35.0 Å². The second kappa shape index (κ2) is 5.32. The molecule has 16 heavy (non-hydrogen) atoms. The van der Waals surface area contributed by atoms with Gasteiger partial charge in [0.25, 0.3) is 0 Å². The van der Waals surface area contributed by atoms with Crippen molar-refractivity contribution >= 4 is 11.9 Å². The van der Waals surface area contributed by atoms with Gasteiger partial charge in [-0.1, -0.05) is 0 Å². The Labute approximate surface area is 96.6 Å². The third kappa shape index (κ3) is 2.97. The Balaban J connectivity index is 2.47. The number of rotatable bonds is 3. The molecular weight excluding hydrogens is 206 g/mol. The van der Waals surface area contributed by atoms with Crippen LogP contribution in [0.1, 0.15) is 39.5 Å². The number of carboxylic acids is 1. The third-order valence-corrected chi connectivity index (χ3v) is 3.55. The summed E-state index contributed by atoms with van der Waals surface area (Å²) in [4.78, 5) is 24.5. The van der Waals surface area contributed by atoms with Crippen molar-refractivity contribution in [1.29, 1.82) is 0 Å². The highest BCUT2D eigenvalue weighted by molar-refractivity contribution is 5.79. The Hall–Kier alpha value is -1.06. The van der Waals surface area contributed by atoms with Gasteiger partial charge in [-0.3, -0.25) is 9.59 Å². The summed E-state index contributed by atoms with van der Waals surface area (Å²) in [5.41, 5.74) is 0. The first kappa shape index (κ1) is 13.0. The molecule has 1 fully saturated rings. The second-order valence-electron chi connectivity index (χ2n) is 4.93. The summed E-state index contributed by atoms with van der Waals surface area (Å²) in [6, 6.07) is 0.213. The van der Waals surface area contributed by atoms with Gasteiger partial charge >= 0.3 is 5.97 Å². The van der Waals surface area contributed by atoms with Gasteiger partial charge < -0.3 is 10.0 Å². The van der Waals surface area contributed by atoms with Crippen LogP contribution in [0.5, 0.6) is 0 Å². The Bertz CT molecular complexity index is 267. The molecule has 0 saturated heterocycles. The molecule has 1 aliphatic carbocycles. The fraction of sp³-hybridized carbons (Fsp3) is 0.833. The maximum Gasteiger partial charge on any atom is 0.306 e. The van der Waals surface area contributed by atoms with E-state index in [0.29, 0.717) is 25.7 Å². The lowest BCUT2D eigenvalue weighted by atomic mass is 9.81. The molecule has 0 heterocycles. The zero-order valence-electron chi connectivity index (χ0n) is 10.3. The molecule has 0 atom stereocenters. The summed E-state index contributed by atoms with van der Waals surface area (Å²) in [7, 11) is 1.82. The number of hydrogen-bond acceptors (Lipinski definition) is 2. The fourth-order valence-corrected chi connectivity index (χ4v) is 2.13. The first-order valence-electron chi connectivity index (χ1n) is 5.93. The van der Waals surface area contributed by atoms with Crippen LogP contribution in [-0.2, 0) is 9.59 Å². The topological polar surface area (TPSA) is 57.6 Å². The number of hydrogen-bond donors (Lipinski definition) is 1. The predicted octanol–water partition coefficient (Wildman–Crippen LogP) is 1.74. The maximum atomic E-state index is 12.0. The van der Waals surface area contributed by atoms with Crippen molar-refractivity contribution < 1.29 is 14.7 Å². The average molecular weight is 227 g/mol. The molecule has 0 unspecified atom stereocenters. The lowest BCUT2D eigenvalue weighted by Gasteiger charge is -2.30. The van der Waals surface area contributed by atoms with Crippen molar-refractivity contribution in [2.75, 3.05) is 7.05 Å². The van der Waals surface area contributed by atoms with Crippen LogP contribution in [0.2, 0.25) is 0 Å². The van der Waals surface area contributed by atoms with Gasteiger partial charge in [-0.15, -0.1) is 0 Å². The van der Waals surface area contributed by atoms with Crippen molar-refractivity contribution in [2.24, 2.45) is 11.8 Å². The smallest absolute Gasteiger partial charge is 0.306 e. The standard InChI is InChI=1S/C12H21NO3/c1-8(2)13(3)11(14)9-4-6-10(7-5-9)12(15)16/h8-10H,4-7H2,1-3H3,(H,15,16). The van der Waals surface area contributed by atoms with E-state index < -0.39 is 5.97 Å². The van der Waals surface area contributed by atoms with Crippen LogP contribution in [0.15, 0.2) is 0 Å². The van der Waals surface area contributed by atoms with Crippen LogP contribution >= 0.6 is 0 Å². The Morgan fingerprint density at radius 3 is 1.94 bits per heavy atom. The molecule has 1 saturated carbocycles. The molecule has 0 aromatic heterocycles. The molecule has 0 spiro atoms. The van der Waals surface area contributed by atoms with Crippen LogP contribution in [0, 0.1) is 11.8 Å². The first-order valence-corrected chi connectivity index (χ1v) is 5.93. The van der Waals surface area contributed by atoms with Gasteiger partial charge in [0.15, 0.2) is 0 Å². The zero-order valence-corrected chi connectivity index (χ0v) is 10.3. The summed E-state index contributed by atoms with van der Waals surface area (Å²) < 4.78 is 0. The van der Waals surface area contributed by atoms with Crippen molar-refractivity contribution in [3.63, 3.8) is 0 Å². The third-order valence-electron chi connectivity index (χ3n) is 3.55. The first-order chi connectivity index (χ1) is 7.43. The van der Waals surface area contributed by atoms with Crippen molar-refractivity contribution in [2.45, 2.75) is 45.6 Å². The van der Waals surface area contributed by atoms with Crippen LogP contribution in [0.3, 0.4) is 0 Å². The monoisotopic (exact) mass is 227 g/mol. The van der Waals surface area contributed by atoms with E-state index in [0.717, 1.165) is 0 Å². The molecule has 0 radical (unpaired) electrons. The van der Waals surface area contributed by atoms with Crippen molar-refractivity contribution in [1.82, 2.24) is 4.90 Å². The van der Waals surface area contributed by atoms with Gasteiger partial charge in [0, 0.05) is 19.0 Å². The van der Waals surface area contributed by atoms with E-state index in [1.807, 2.05) is 20.9 Å². The summed E-state index contributed by atoms with van der Waals surface area (Å²) in [5, 5.41) is 8.87. The Morgan fingerprint density at radius 2 is 1.56 bits per heavy atom. The maximum absolute atomic E-state index is 12.0. The SMILES string of the molecule is CC(C)N(C)C(=O)C1CCC(C(=O)O)CC1. The number of carbonyl (C=O) groups is 2. The van der Waals surface area contributed by atoms with E-state index in [2.05, 4.69) is 0 Å². The molecule has 1 N–H and O–H groups in total. The molecule has 1 aliphatic rings. The Kier molecular flexibility index (Phi) is 4.33. The quantitative estimate of drug-likeness (QED) is 0.799. The van der Waals surface area contributed by atoms with Crippen LogP contribution < -0.4 is 0 Å². The van der Waals surface area contributed by atoms with E-state index in [1.165, 1.54) is 0 Å². The molecule has 0 aliphatic heterocycles. The molecule has 4 nitrogen and oxygen atoms in total. The lowest BCUT2D eigenvalue weighted by molar-refractivity contribution is -0.145. The number of carboxylic acid groups (broad SMARTS) is 1. The highest BCUT2D eigenvalue weighted by atomic mass is 16.4. The van der Waals surface area contributed by atoms with Gasteiger partial charge in [-0.2, -0.15) is 0 Å². The summed E-state index contributed by atoms with van der Waals surface area (Å²) in [5.74, 6) is -0.765. The molecule has 0 aromatic carbocycles.